The van der Waals surface area contributed by atoms with Crippen molar-refractivity contribution in [2.75, 3.05) is 19.5 Å². The minimum Gasteiger partial charge on any atom is -0.497 e. The molecule has 1 atom stereocenters. The predicted molar refractivity (Wildman–Crippen MR) is 149 cm³/mol. The van der Waals surface area contributed by atoms with Gasteiger partial charge in [0.25, 0.3) is 5.91 Å². The number of ether oxygens (including phenoxy) is 2. The number of carbonyl (C=O) groups is 2. The molecule has 1 amide bonds. The van der Waals surface area contributed by atoms with Gasteiger partial charge in [0.2, 0.25) is 0 Å². The highest BCUT2D eigenvalue weighted by atomic mass is 79.9. The van der Waals surface area contributed by atoms with Gasteiger partial charge >= 0.3 is 0 Å². The first kappa shape index (κ1) is 25.5. The minimum atomic E-state index is -0.617. The van der Waals surface area contributed by atoms with Gasteiger partial charge in [-0.15, -0.1) is 0 Å². The van der Waals surface area contributed by atoms with Crippen molar-refractivity contribution in [3.63, 3.8) is 0 Å². The van der Waals surface area contributed by atoms with Crippen LogP contribution in [0.4, 0.5) is 5.13 Å². The molecular weight excluding hydrogens is 554 g/mol. The monoisotopic (exact) mass is 581 g/mol. The second kappa shape index (κ2) is 9.61. The summed E-state index contributed by atoms with van der Waals surface area (Å²) in [7, 11) is 3.18. The third kappa shape index (κ3) is 4.78. The van der Waals surface area contributed by atoms with E-state index in [1.165, 1.54) is 11.3 Å². The summed E-state index contributed by atoms with van der Waals surface area (Å²) >= 11 is 4.88. The molecule has 7 nitrogen and oxygen atoms in total. The summed E-state index contributed by atoms with van der Waals surface area (Å²) in [5, 5.41) is 6.89. The number of amides is 1. The van der Waals surface area contributed by atoms with Gasteiger partial charge in [-0.2, -0.15) is 0 Å². The van der Waals surface area contributed by atoms with Gasteiger partial charge in [0.15, 0.2) is 10.9 Å². The van der Waals surface area contributed by atoms with Crippen LogP contribution in [0.2, 0.25) is 0 Å². The van der Waals surface area contributed by atoms with E-state index in [1.54, 1.807) is 20.3 Å². The van der Waals surface area contributed by atoms with E-state index in [0.717, 1.165) is 20.4 Å². The van der Waals surface area contributed by atoms with E-state index in [0.29, 0.717) is 51.9 Å². The van der Waals surface area contributed by atoms with Crippen LogP contribution in [-0.2, 0) is 9.59 Å². The van der Waals surface area contributed by atoms with Crippen LogP contribution in [0.15, 0.2) is 63.4 Å². The zero-order valence-electron chi connectivity index (χ0n) is 21.3. The van der Waals surface area contributed by atoms with Crippen molar-refractivity contribution in [2.24, 2.45) is 5.41 Å². The smallest absolute Gasteiger partial charge is 0.256 e. The molecule has 192 valence electrons. The molecule has 9 heteroatoms. The Morgan fingerprint density at radius 1 is 1.16 bits per heavy atom. The summed E-state index contributed by atoms with van der Waals surface area (Å²) in [5.74, 6) is 0.293. The zero-order chi connectivity index (χ0) is 26.5. The Morgan fingerprint density at radius 2 is 1.95 bits per heavy atom. The Kier molecular flexibility index (Phi) is 6.62. The SMILES string of the molecule is COc1ccc(OC)c(C2C(C(=O)Nc3nc4ccc(Br)cc4s3)=C(C)NC3=C2C(=O)CC(C)(C)C3)c1. The summed E-state index contributed by atoms with van der Waals surface area (Å²) in [6.07, 6.45) is 1.10. The van der Waals surface area contributed by atoms with Gasteiger partial charge in [-0.1, -0.05) is 41.1 Å². The van der Waals surface area contributed by atoms with Crippen LogP contribution < -0.4 is 20.1 Å². The fourth-order valence-corrected chi connectivity index (χ4v) is 6.64. The lowest BCUT2D eigenvalue weighted by atomic mass is 9.68. The maximum absolute atomic E-state index is 13.9. The highest BCUT2D eigenvalue weighted by molar-refractivity contribution is 9.10. The van der Waals surface area contributed by atoms with E-state index in [1.807, 2.05) is 37.3 Å². The maximum atomic E-state index is 13.9. The highest BCUT2D eigenvalue weighted by Crippen LogP contribution is 2.49. The lowest BCUT2D eigenvalue weighted by Gasteiger charge is -2.39. The molecule has 3 aromatic rings. The number of carbonyl (C=O) groups excluding carboxylic acids is 2. The minimum absolute atomic E-state index is 0.0243. The zero-order valence-corrected chi connectivity index (χ0v) is 23.7. The number of fused-ring (bicyclic) bond motifs is 1. The number of rotatable bonds is 5. The van der Waals surface area contributed by atoms with Gasteiger partial charge in [-0.05, 0) is 55.2 Å². The van der Waals surface area contributed by atoms with Gasteiger partial charge in [-0.3, -0.25) is 14.9 Å². The number of methoxy groups -OCH3 is 2. The summed E-state index contributed by atoms with van der Waals surface area (Å²) in [6, 6.07) is 11.3. The van der Waals surface area contributed by atoms with Crippen molar-refractivity contribution in [1.82, 2.24) is 10.3 Å². The van der Waals surface area contributed by atoms with E-state index < -0.39 is 5.92 Å². The van der Waals surface area contributed by atoms with E-state index >= 15 is 0 Å². The standard InChI is InChI=1S/C28H28BrN3O4S/c1-14-23(26(34)32-27-31-18-8-6-15(29)10-22(18)37-27)24(17-11-16(35-4)7-9-21(17)36-5)25-19(30-14)12-28(2,3)13-20(25)33/h6-11,24,30H,12-13H2,1-5H3,(H,31,32,34). The van der Waals surface area contributed by atoms with Crippen LogP contribution in [0.3, 0.4) is 0 Å². The molecule has 0 bridgehead atoms. The highest BCUT2D eigenvalue weighted by Gasteiger charge is 2.43. The molecule has 1 unspecified atom stereocenters. The number of halogens is 1. The van der Waals surface area contributed by atoms with E-state index in [9.17, 15) is 9.59 Å². The van der Waals surface area contributed by atoms with Gasteiger partial charge < -0.3 is 14.8 Å². The Bertz CT molecular complexity index is 1500. The van der Waals surface area contributed by atoms with Crippen LogP contribution in [0.5, 0.6) is 11.5 Å². The predicted octanol–water partition coefficient (Wildman–Crippen LogP) is 6.32. The number of Topliss-reactive ketones (excluding diaryl/α,β-unsaturated/α-hetero) is 1. The third-order valence-electron chi connectivity index (χ3n) is 6.80. The number of allylic oxidation sites excluding steroid dienone is 3. The summed E-state index contributed by atoms with van der Waals surface area (Å²) in [5.41, 5.74) is 3.95. The molecular formula is C28H28BrN3O4S. The van der Waals surface area contributed by atoms with Gasteiger partial charge in [0.1, 0.15) is 11.5 Å². The van der Waals surface area contributed by atoms with E-state index in [-0.39, 0.29) is 17.1 Å². The number of dihydropyridines is 1. The third-order valence-corrected chi connectivity index (χ3v) is 8.23. The fraction of sp³-hybridized carbons (Fsp3) is 0.321. The van der Waals surface area contributed by atoms with Crippen molar-refractivity contribution in [1.29, 1.82) is 0 Å². The van der Waals surface area contributed by atoms with Gasteiger partial charge in [0, 0.05) is 39.0 Å². The number of nitrogens with one attached hydrogen (secondary N) is 2. The van der Waals surface area contributed by atoms with Crippen LogP contribution >= 0.6 is 27.3 Å². The second-order valence-corrected chi connectivity index (χ2v) is 12.1. The van der Waals surface area contributed by atoms with Crippen molar-refractivity contribution < 1.29 is 19.1 Å². The number of aromatic nitrogens is 1. The Hall–Kier alpha value is -3.17. The number of thiazole rings is 1. The lowest BCUT2D eigenvalue weighted by Crippen LogP contribution is -2.39. The number of nitrogens with zero attached hydrogens (tertiary/aromatic N) is 1. The molecule has 0 radical (unpaired) electrons. The van der Waals surface area contributed by atoms with Gasteiger partial charge in [0.05, 0.1) is 30.4 Å². The fourth-order valence-electron chi connectivity index (χ4n) is 5.23. The molecule has 37 heavy (non-hydrogen) atoms. The first-order valence-electron chi connectivity index (χ1n) is 11.9. The Morgan fingerprint density at radius 3 is 2.68 bits per heavy atom. The lowest BCUT2D eigenvalue weighted by molar-refractivity contribution is -0.118. The number of ketones is 1. The van der Waals surface area contributed by atoms with Crippen LogP contribution in [-0.4, -0.2) is 30.9 Å². The molecule has 1 aliphatic carbocycles. The molecule has 1 aliphatic heterocycles. The topological polar surface area (TPSA) is 89.6 Å². The summed E-state index contributed by atoms with van der Waals surface area (Å²) < 4.78 is 13.1. The molecule has 1 aromatic heterocycles. The molecule has 0 fully saturated rings. The quantitative estimate of drug-likeness (QED) is 0.366. The molecule has 2 N–H and O–H groups in total. The first-order chi connectivity index (χ1) is 17.6. The molecule has 0 saturated carbocycles. The average Bonchev–Trinajstić information content (AvgIpc) is 3.22. The largest absolute Gasteiger partial charge is 0.497 e. The molecule has 0 spiro atoms. The number of benzene rings is 2. The van der Waals surface area contributed by atoms with Crippen LogP contribution in [0.25, 0.3) is 10.2 Å². The average molecular weight is 583 g/mol. The molecule has 2 aromatic carbocycles. The molecule has 5 rings (SSSR count). The maximum Gasteiger partial charge on any atom is 0.256 e. The van der Waals surface area contributed by atoms with Crippen LogP contribution in [0, 0.1) is 5.41 Å². The summed E-state index contributed by atoms with van der Waals surface area (Å²) in [6.45, 7) is 6.05. The molecule has 0 saturated heterocycles. The van der Waals surface area contributed by atoms with Gasteiger partial charge in [-0.25, -0.2) is 4.98 Å². The number of hydrogen-bond donors (Lipinski definition) is 2. The molecule has 2 heterocycles. The second-order valence-electron chi connectivity index (χ2n) is 10.1. The van der Waals surface area contributed by atoms with Crippen molar-refractivity contribution in [2.45, 2.75) is 39.5 Å². The Balaban J connectivity index is 1.63. The van der Waals surface area contributed by atoms with Crippen molar-refractivity contribution >= 4 is 54.3 Å². The number of hydrogen-bond acceptors (Lipinski definition) is 7. The van der Waals surface area contributed by atoms with Crippen molar-refractivity contribution in [3.8, 4) is 11.5 Å². The normalized spacial score (nSPS) is 19.0. The first-order valence-corrected chi connectivity index (χ1v) is 13.5. The summed E-state index contributed by atoms with van der Waals surface area (Å²) in [4.78, 5) is 32.1. The van der Waals surface area contributed by atoms with Crippen LogP contribution in [0.1, 0.15) is 45.1 Å². The molecule has 2 aliphatic rings. The number of anilines is 1. The Labute approximate surface area is 228 Å². The van der Waals surface area contributed by atoms with E-state index in [2.05, 4.69) is 45.4 Å². The van der Waals surface area contributed by atoms with E-state index in [4.69, 9.17) is 9.47 Å². The van der Waals surface area contributed by atoms with Crippen molar-refractivity contribution in [3.05, 3.63) is 69.0 Å².